The molecule has 1 fully saturated rings. The highest BCUT2D eigenvalue weighted by molar-refractivity contribution is 5.27. The lowest BCUT2D eigenvalue weighted by Gasteiger charge is -2.31. The van der Waals surface area contributed by atoms with Crippen LogP contribution in [0, 0.1) is 6.92 Å². The molecular formula is C17H23N3O. The predicted octanol–water partition coefficient (Wildman–Crippen LogP) is 3.11. The predicted molar refractivity (Wildman–Crippen MR) is 83.6 cm³/mol. The number of rotatable bonds is 4. The topological polar surface area (TPSA) is 41.1 Å². The van der Waals surface area contributed by atoms with Crippen molar-refractivity contribution in [3.8, 4) is 5.75 Å². The van der Waals surface area contributed by atoms with Crippen molar-refractivity contribution in [1.29, 1.82) is 0 Å². The van der Waals surface area contributed by atoms with E-state index in [1.165, 1.54) is 24.9 Å². The monoisotopic (exact) mass is 285 g/mol. The molecule has 4 nitrogen and oxygen atoms in total. The van der Waals surface area contributed by atoms with E-state index in [2.05, 4.69) is 33.9 Å². The van der Waals surface area contributed by atoms with E-state index in [1.807, 2.05) is 18.3 Å². The number of aryl methyl sites for hydroxylation is 1. The van der Waals surface area contributed by atoms with Gasteiger partial charge in [-0.3, -0.25) is 4.90 Å². The molecule has 1 aliphatic rings. The van der Waals surface area contributed by atoms with Crippen molar-refractivity contribution in [1.82, 2.24) is 14.9 Å². The van der Waals surface area contributed by atoms with Crippen LogP contribution in [0.5, 0.6) is 5.75 Å². The molecule has 4 heteroatoms. The molecule has 2 aromatic rings. The fourth-order valence-electron chi connectivity index (χ4n) is 3.05. The Morgan fingerprint density at radius 3 is 2.81 bits per heavy atom. The molecule has 0 bridgehead atoms. The van der Waals surface area contributed by atoms with Crippen LogP contribution in [0.25, 0.3) is 0 Å². The van der Waals surface area contributed by atoms with Crippen molar-refractivity contribution >= 4 is 0 Å². The SMILES string of the molecule is COc1ccc(CN2CCC[C@@H](c3ncc(C)[nH]3)C2)cc1. The number of aromatic amines is 1. The van der Waals surface area contributed by atoms with Gasteiger partial charge in [-0.1, -0.05) is 12.1 Å². The molecule has 1 aromatic heterocycles. The fraction of sp³-hybridized carbons (Fsp3) is 0.471. The highest BCUT2D eigenvalue weighted by atomic mass is 16.5. The molecule has 1 N–H and O–H groups in total. The third-order valence-electron chi connectivity index (χ3n) is 4.18. The van der Waals surface area contributed by atoms with E-state index in [-0.39, 0.29) is 0 Å². The van der Waals surface area contributed by atoms with Gasteiger partial charge in [0, 0.05) is 30.9 Å². The number of aromatic nitrogens is 2. The first-order valence-corrected chi connectivity index (χ1v) is 7.61. The summed E-state index contributed by atoms with van der Waals surface area (Å²) in [5.41, 5.74) is 2.49. The highest BCUT2D eigenvalue weighted by Crippen LogP contribution is 2.26. The minimum atomic E-state index is 0.533. The summed E-state index contributed by atoms with van der Waals surface area (Å²) in [4.78, 5) is 10.4. The van der Waals surface area contributed by atoms with Crippen LogP contribution in [0.1, 0.15) is 35.8 Å². The molecule has 0 radical (unpaired) electrons. The Hall–Kier alpha value is -1.81. The Balaban J connectivity index is 1.62. The van der Waals surface area contributed by atoms with E-state index in [0.717, 1.165) is 30.4 Å². The van der Waals surface area contributed by atoms with E-state index in [4.69, 9.17) is 4.74 Å². The minimum absolute atomic E-state index is 0.533. The van der Waals surface area contributed by atoms with Gasteiger partial charge in [0.15, 0.2) is 0 Å². The molecule has 1 saturated heterocycles. The van der Waals surface area contributed by atoms with Gasteiger partial charge in [-0.25, -0.2) is 4.98 Å². The third kappa shape index (κ3) is 3.45. The molecule has 0 spiro atoms. The Labute approximate surface area is 126 Å². The van der Waals surface area contributed by atoms with Gasteiger partial charge >= 0.3 is 0 Å². The molecule has 112 valence electrons. The maximum Gasteiger partial charge on any atom is 0.118 e. The maximum absolute atomic E-state index is 5.21. The summed E-state index contributed by atoms with van der Waals surface area (Å²) in [5.74, 6) is 2.60. The Morgan fingerprint density at radius 2 is 2.14 bits per heavy atom. The average molecular weight is 285 g/mol. The number of ether oxygens (including phenoxy) is 1. The summed E-state index contributed by atoms with van der Waals surface area (Å²) in [5, 5.41) is 0. The van der Waals surface area contributed by atoms with Crippen LogP contribution in [-0.2, 0) is 6.54 Å². The van der Waals surface area contributed by atoms with Gasteiger partial charge < -0.3 is 9.72 Å². The molecule has 0 amide bonds. The summed E-state index contributed by atoms with van der Waals surface area (Å²) in [6, 6.07) is 8.37. The molecule has 21 heavy (non-hydrogen) atoms. The third-order valence-corrected chi connectivity index (χ3v) is 4.18. The second-order valence-electron chi connectivity index (χ2n) is 5.87. The van der Waals surface area contributed by atoms with Gasteiger partial charge in [0.25, 0.3) is 0 Å². The average Bonchev–Trinajstić information content (AvgIpc) is 2.95. The Kier molecular flexibility index (Phi) is 4.25. The number of hydrogen-bond donors (Lipinski definition) is 1. The number of H-pyrrole nitrogens is 1. The number of methoxy groups -OCH3 is 1. The van der Waals surface area contributed by atoms with Gasteiger partial charge in [-0.15, -0.1) is 0 Å². The number of imidazole rings is 1. The van der Waals surface area contributed by atoms with Crippen molar-refractivity contribution in [3.63, 3.8) is 0 Å². The number of piperidine rings is 1. The molecule has 3 rings (SSSR count). The van der Waals surface area contributed by atoms with E-state index < -0.39 is 0 Å². The first kappa shape index (κ1) is 14.1. The van der Waals surface area contributed by atoms with E-state index >= 15 is 0 Å². The Morgan fingerprint density at radius 1 is 1.33 bits per heavy atom. The standard InChI is InChI=1S/C17H23N3O/c1-13-10-18-17(19-13)15-4-3-9-20(12-15)11-14-5-7-16(21-2)8-6-14/h5-8,10,15H,3-4,9,11-12H2,1-2H3,(H,18,19)/t15-/m1/s1. The number of likely N-dealkylation sites (tertiary alicyclic amines) is 1. The molecule has 0 saturated carbocycles. The first-order valence-electron chi connectivity index (χ1n) is 7.61. The molecule has 1 atom stereocenters. The van der Waals surface area contributed by atoms with Crippen LogP contribution in [0.15, 0.2) is 30.5 Å². The van der Waals surface area contributed by atoms with Crippen molar-refractivity contribution in [2.75, 3.05) is 20.2 Å². The van der Waals surface area contributed by atoms with E-state index in [9.17, 15) is 0 Å². The number of hydrogen-bond acceptors (Lipinski definition) is 3. The zero-order valence-electron chi connectivity index (χ0n) is 12.8. The van der Waals surface area contributed by atoms with Gasteiger partial charge in [-0.05, 0) is 44.0 Å². The number of benzene rings is 1. The van der Waals surface area contributed by atoms with Crippen molar-refractivity contribution in [2.24, 2.45) is 0 Å². The summed E-state index contributed by atoms with van der Waals surface area (Å²) in [7, 11) is 1.70. The van der Waals surface area contributed by atoms with Crippen LogP contribution in [-0.4, -0.2) is 35.1 Å². The molecule has 0 aliphatic carbocycles. The number of nitrogens with zero attached hydrogens (tertiary/aromatic N) is 2. The van der Waals surface area contributed by atoms with Gasteiger partial charge in [0.1, 0.15) is 11.6 Å². The molecular weight excluding hydrogens is 262 g/mol. The molecule has 1 aromatic carbocycles. The summed E-state index contributed by atoms with van der Waals surface area (Å²) in [6.07, 6.45) is 4.39. The van der Waals surface area contributed by atoms with Crippen LogP contribution < -0.4 is 4.74 Å². The molecule has 1 aliphatic heterocycles. The van der Waals surface area contributed by atoms with Crippen LogP contribution in [0.3, 0.4) is 0 Å². The lowest BCUT2D eigenvalue weighted by Crippen LogP contribution is -2.34. The largest absolute Gasteiger partial charge is 0.497 e. The van der Waals surface area contributed by atoms with E-state index in [1.54, 1.807) is 7.11 Å². The van der Waals surface area contributed by atoms with Crippen LogP contribution in [0.4, 0.5) is 0 Å². The summed E-state index contributed by atoms with van der Waals surface area (Å²) in [6.45, 7) is 5.32. The molecule has 2 heterocycles. The quantitative estimate of drug-likeness (QED) is 0.938. The lowest BCUT2D eigenvalue weighted by molar-refractivity contribution is 0.197. The van der Waals surface area contributed by atoms with Crippen molar-refractivity contribution in [3.05, 3.63) is 47.5 Å². The van der Waals surface area contributed by atoms with Gasteiger partial charge in [-0.2, -0.15) is 0 Å². The molecule has 0 unspecified atom stereocenters. The highest BCUT2D eigenvalue weighted by Gasteiger charge is 2.23. The minimum Gasteiger partial charge on any atom is -0.497 e. The second-order valence-corrected chi connectivity index (χ2v) is 5.87. The second kappa shape index (κ2) is 6.31. The van der Waals surface area contributed by atoms with Gasteiger partial charge in [0.05, 0.1) is 7.11 Å². The fourth-order valence-corrected chi connectivity index (χ4v) is 3.05. The maximum atomic E-state index is 5.21. The summed E-state index contributed by atoms with van der Waals surface area (Å²) < 4.78 is 5.21. The zero-order chi connectivity index (χ0) is 14.7. The smallest absolute Gasteiger partial charge is 0.118 e. The Bertz CT molecular complexity index is 576. The van der Waals surface area contributed by atoms with Crippen molar-refractivity contribution in [2.45, 2.75) is 32.2 Å². The van der Waals surface area contributed by atoms with Gasteiger partial charge in [0.2, 0.25) is 0 Å². The first-order chi connectivity index (χ1) is 10.2. The van der Waals surface area contributed by atoms with Crippen LogP contribution >= 0.6 is 0 Å². The summed E-state index contributed by atoms with van der Waals surface area (Å²) >= 11 is 0. The van der Waals surface area contributed by atoms with Crippen molar-refractivity contribution < 1.29 is 4.74 Å². The lowest BCUT2D eigenvalue weighted by atomic mass is 9.97. The normalized spacial score (nSPS) is 19.6. The van der Waals surface area contributed by atoms with Crippen LogP contribution in [0.2, 0.25) is 0 Å². The van der Waals surface area contributed by atoms with E-state index in [0.29, 0.717) is 5.92 Å². The zero-order valence-corrected chi connectivity index (χ0v) is 12.8. The number of nitrogens with one attached hydrogen (secondary N) is 1.